The van der Waals surface area contributed by atoms with Gasteiger partial charge in [0, 0.05) is 5.69 Å². The number of fused-ring (bicyclic) bond motifs is 2. The highest BCUT2D eigenvalue weighted by molar-refractivity contribution is 8.15. The predicted molar refractivity (Wildman–Crippen MR) is 82.9 cm³/mol. The van der Waals surface area contributed by atoms with E-state index < -0.39 is 0 Å². The SMILES string of the molecule is O=C1CSC2=NCN(c3ccc4ccccc4c3)CN12. The van der Waals surface area contributed by atoms with Crippen molar-refractivity contribution in [3.05, 3.63) is 42.5 Å². The Morgan fingerprint density at radius 1 is 1.10 bits per heavy atom. The zero-order chi connectivity index (χ0) is 13.5. The van der Waals surface area contributed by atoms with Crippen LogP contribution < -0.4 is 4.90 Å². The van der Waals surface area contributed by atoms with Crippen LogP contribution in [0.15, 0.2) is 47.5 Å². The molecule has 0 atom stereocenters. The van der Waals surface area contributed by atoms with Crippen LogP contribution in [0.5, 0.6) is 0 Å². The van der Waals surface area contributed by atoms with Crippen LogP contribution in [0, 0.1) is 0 Å². The molecule has 1 saturated heterocycles. The van der Waals surface area contributed by atoms with E-state index in [-0.39, 0.29) is 5.91 Å². The van der Waals surface area contributed by atoms with Crippen molar-refractivity contribution in [1.82, 2.24) is 4.90 Å². The lowest BCUT2D eigenvalue weighted by atomic mass is 10.1. The lowest BCUT2D eigenvalue weighted by Crippen LogP contribution is -2.45. The number of carbonyl (C=O) groups excluding carboxylic acids is 1. The van der Waals surface area contributed by atoms with Crippen molar-refractivity contribution in [3.63, 3.8) is 0 Å². The molecule has 2 heterocycles. The normalized spacial score (nSPS) is 18.4. The van der Waals surface area contributed by atoms with Crippen molar-refractivity contribution in [2.75, 3.05) is 24.0 Å². The van der Waals surface area contributed by atoms with Crippen molar-refractivity contribution in [3.8, 4) is 0 Å². The lowest BCUT2D eigenvalue weighted by molar-refractivity contribution is -0.124. The molecular weight excluding hydrogens is 270 g/mol. The number of anilines is 1. The summed E-state index contributed by atoms with van der Waals surface area (Å²) < 4.78 is 0. The Hall–Kier alpha value is -2.01. The first kappa shape index (κ1) is 11.8. The van der Waals surface area contributed by atoms with Crippen LogP contribution in [0.1, 0.15) is 0 Å². The molecule has 2 aliphatic rings. The van der Waals surface area contributed by atoms with Crippen molar-refractivity contribution in [1.29, 1.82) is 0 Å². The smallest absolute Gasteiger partial charge is 0.240 e. The van der Waals surface area contributed by atoms with E-state index in [1.54, 1.807) is 4.90 Å². The minimum Gasteiger partial charge on any atom is -0.334 e. The minimum atomic E-state index is 0.152. The summed E-state index contributed by atoms with van der Waals surface area (Å²) in [4.78, 5) is 20.2. The lowest BCUT2D eigenvalue weighted by Gasteiger charge is -2.32. The van der Waals surface area contributed by atoms with Crippen LogP contribution in [0.4, 0.5) is 5.69 Å². The second-order valence-electron chi connectivity index (χ2n) is 4.91. The Bertz CT molecular complexity index is 728. The number of amidine groups is 1. The summed E-state index contributed by atoms with van der Waals surface area (Å²) >= 11 is 1.53. The van der Waals surface area contributed by atoms with Crippen LogP contribution in [0.25, 0.3) is 10.8 Å². The Kier molecular flexibility index (Phi) is 2.67. The van der Waals surface area contributed by atoms with Gasteiger partial charge in [-0.1, -0.05) is 42.1 Å². The summed E-state index contributed by atoms with van der Waals surface area (Å²) in [6.07, 6.45) is 0. The number of hydrogen-bond donors (Lipinski definition) is 0. The van der Waals surface area contributed by atoms with Crippen LogP contribution in [-0.4, -0.2) is 35.1 Å². The maximum absolute atomic E-state index is 11.8. The number of hydrogen-bond acceptors (Lipinski definition) is 4. The van der Waals surface area contributed by atoms with E-state index in [4.69, 9.17) is 0 Å². The molecule has 2 aromatic rings. The summed E-state index contributed by atoms with van der Waals surface area (Å²) in [5.74, 6) is 0.670. The molecule has 0 N–H and O–H groups in total. The first-order valence-corrected chi connectivity index (χ1v) is 7.51. The van der Waals surface area contributed by atoms with Gasteiger partial charge in [0.15, 0.2) is 5.17 Å². The molecule has 1 amide bonds. The van der Waals surface area contributed by atoms with Crippen molar-refractivity contribution < 1.29 is 4.79 Å². The molecule has 1 fully saturated rings. The van der Waals surface area contributed by atoms with E-state index in [0.29, 0.717) is 19.1 Å². The van der Waals surface area contributed by atoms with Gasteiger partial charge in [-0.25, -0.2) is 4.99 Å². The first-order valence-electron chi connectivity index (χ1n) is 6.53. The molecule has 2 aromatic carbocycles. The van der Waals surface area contributed by atoms with E-state index in [9.17, 15) is 4.79 Å². The molecular formula is C15H13N3OS. The second-order valence-corrected chi connectivity index (χ2v) is 5.85. The Morgan fingerprint density at radius 3 is 2.85 bits per heavy atom. The van der Waals surface area contributed by atoms with Crippen LogP contribution in [0.2, 0.25) is 0 Å². The topological polar surface area (TPSA) is 35.9 Å². The average Bonchev–Trinajstić information content (AvgIpc) is 2.88. The van der Waals surface area contributed by atoms with Gasteiger partial charge in [-0.05, 0) is 22.9 Å². The summed E-state index contributed by atoms with van der Waals surface area (Å²) in [7, 11) is 0. The molecule has 5 heteroatoms. The van der Waals surface area contributed by atoms with E-state index in [2.05, 4.69) is 40.2 Å². The number of amides is 1. The molecule has 0 aromatic heterocycles. The highest BCUT2D eigenvalue weighted by Gasteiger charge is 2.32. The molecule has 4 nitrogen and oxygen atoms in total. The molecule has 0 saturated carbocycles. The summed E-state index contributed by atoms with van der Waals surface area (Å²) in [5, 5.41) is 3.30. The van der Waals surface area contributed by atoms with Gasteiger partial charge in [-0.15, -0.1) is 0 Å². The zero-order valence-corrected chi connectivity index (χ0v) is 11.6. The van der Waals surface area contributed by atoms with E-state index in [0.717, 1.165) is 10.9 Å². The number of benzene rings is 2. The number of thioether (sulfide) groups is 1. The maximum atomic E-state index is 11.8. The largest absolute Gasteiger partial charge is 0.334 e. The van der Waals surface area contributed by atoms with Crippen LogP contribution >= 0.6 is 11.8 Å². The number of aliphatic imine (C=N–C) groups is 1. The van der Waals surface area contributed by atoms with Crippen LogP contribution in [-0.2, 0) is 4.79 Å². The summed E-state index contributed by atoms with van der Waals surface area (Å²) in [6, 6.07) is 14.7. The molecule has 0 spiro atoms. The highest BCUT2D eigenvalue weighted by Crippen LogP contribution is 2.27. The monoisotopic (exact) mass is 283 g/mol. The summed E-state index contributed by atoms with van der Waals surface area (Å²) in [5.41, 5.74) is 1.11. The van der Waals surface area contributed by atoms with Crippen molar-refractivity contribution >= 4 is 39.3 Å². The van der Waals surface area contributed by atoms with Gasteiger partial charge < -0.3 is 4.90 Å². The number of rotatable bonds is 1. The van der Waals surface area contributed by atoms with E-state index in [1.165, 1.54) is 22.5 Å². The highest BCUT2D eigenvalue weighted by atomic mass is 32.2. The average molecular weight is 283 g/mol. The third-order valence-corrected chi connectivity index (χ3v) is 4.64. The fourth-order valence-corrected chi connectivity index (χ4v) is 3.43. The maximum Gasteiger partial charge on any atom is 0.240 e. The quantitative estimate of drug-likeness (QED) is 0.807. The second kappa shape index (κ2) is 4.52. The van der Waals surface area contributed by atoms with E-state index >= 15 is 0 Å². The van der Waals surface area contributed by atoms with Gasteiger partial charge in [0.1, 0.15) is 13.3 Å². The Balaban J connectivity index is 1.68. The third-order valence-electron chi connectivity index (χ3n) is 3.64. The number of carbonyl (C=O) groups is 1. The first-order chi connectivity index (χ1) is 9.81. The van der Waals surface area contributed by atoms with Crippen molar-refractivity contribution in [2.24, 2.45) is 4.99 Å². The molecule has 0 unspecified atom stereocenters. The standard InChI is InChI=1S/C15H13N3OS/c19-14-8-20-15-16-9-17(10-18(14)15)13-6-5-11-3-1-2-4-12(11)7-13/h1-7H,8-10H2. The molecule has 2 aliphatic heterocycles. The molecule has 0 bridgehead atoms. The van der Waals surface area contributed by atoms with E-state index in [1.807, 2.05) is 12.1 Å². The van der Waals surface area contributed by atoms with Gasteiger partial charge in [-0.2, -0.15) is 0 Å². The third kappa shape index (κ3) is 1.86. The molecule has 20 heavy (non-hydrogen) atoms. The van der Waals surface area contributed by atoms with Crippen LogP contribution in [0.3, 0.4) is 0 Å². The molecule has 0 aliphatic carbocycles. The van der Waals surface area contributed by atoms with Gasteiger partial charge >= 0.3 is 0 Å². The number of nitrogens with zero attached hydrogens (tertiary/aromatic N) is 3. The Morgan fingerprint density at radius 2 is 1.95 bits per heavy atom. The van der Waals surface area contributed by atoms with Gasteiger partial charge in [0.05, 0.1) is 5.75 Å². The minimum absolute atomic E-state index is 0.152. The molecule has 100 valence electrons. The van der Waals surface area contributed by atoms with Crippen molar-refractivity contribution in [2.45, 2.75) is 0 Å². The fourth-order valence-electron chi connectivity index (χ4n) is 2.56. The van der Waals surface area contributed by atoms with Gasteiger partial charge in [-0.3, -0.25) is 9.69 Å². The summed E-state index contributed by atoms with van der Waals surface area (Å²) in [6.45, 7) is 1.22. The van der Waals surface area contributed by atoms with Gasteiger partial charge in [0.25, 0.3) is 0 Å². The molecule has 4 rings (SSSR count). The predicted octanol–water partition coefficient (Wildman–Crippen LogP) is 2.51. The molecule has 0 radical (unpaired) electrons. The zero-order valence-electron chi connectivity index (χ0n) is 10.8. The Labute approximate surface area is 121 Å². The van der Waals surface area contributed by atoms with Gasteiger partial charge in [0.2, 0.25) is 5.91 Å². The fraction of sp³-hybridized carbons (Fsp3) is 0.200.